The third-order valence-electron chi connectivity index (χ3n) is 1.96. The highest BCUT2D eigenvalue weighted by Gasteiger charge is 2.17. The van der Waals surface area contributed by atoms with Crippen molar-refractivity contribution in [1.82, 2.24) is 5.32 Å². The molecule has 0 unspecified atom stereocenters. The fraction of sp³-hybridized carbons (Fsp3) is 0.667. The summed E-state index contributed by atoms with van der Waals surface area (Å²) in [7, 11) is 0. The lowest BCUT2D eigenvalue weighted by Crippen LogP contribution is -2.38. The van der Waals surface area contributed by atoms with E-state index in [0.717, 1.165) is 19.3 Å². The Morgan fingerprint density at radius 2 is 2.36 bits per heavy atom. The van der Waals surface area contributed by atoms with Crippen LogP contribution in [0.5, 0.6) is 0 Å². The van der Waals surface area contributed by atoms with Gasteiger partial charge >= 0.3 is 0 Å². The molecule has 0 aromatic heterocycles. The maximum atomic E-state index is 11.0. The van der Waals surface area contributed by atoms with Crippen LogP contribution in [-0.2, 0) is 4.79 Å². The number of nitrogens with one attached hydrogen (secondary N) is 1. The summed E-state index contributed by atoms with van der Waals surface area (Å²) in [6, 6.07) is 0.462. The van der Waals surface area contributed by atoms with Gasteiger partial charge in [0.25, 0.3) is 0 Å². The van der Waals surface area contributed by atoms with Gasteiger partial charge in [0.15, 0.2) is 0 Å². The van der Waals surface area contributed by atoms with Gasteiger partial charge in [-0.15, -0.1) is 0 Å². The van der Waals surface area contributed by atoms with Crippen molar-refractivity contribution in [3.8, 4) is 0 Å². The van der Waals surface area contributed by atoms with Gasteiger partial charge in [-0.25, -0.2) is 0 Å². The van der Waals surface area contributed by atoms with Crippen molar-refractivity contribution < 1.29 is 4.79 Å². The second-order valence-electron chi connectivity index (χ2n) is 2.95. The molecule has 11 heavy (non-hydrogen) atoms. The van der Waals surface area contributed by atoms with Crippen LogP contribution >= 0.6 is 0 Å². The average molecular weight is 153 g/mol. The number of carbonyl (C=O) groups is 1. The summed E-state index contributed by atoms with van der Waals surface area (Å²) in [5, 5.41) is 2.93. The van der Waals surface area contributed by atoms with Crippen LogP contribution in [0, 0.1) is 0 Å². The summed E-state index contributed by atoms with van der Waals surface area (Å²) in [5.41, 5.74) is 0. The van der Waals surface area contributed by atoms with Gasteiger partial charge < -0.3 is 5.32 Å². The molecular weight excluding hydrogens is 138 g/mol. The molecule has 0 bridgehead atoms. The van der Waals surface area contributed by atoms with E-state index in [9.17, 15) is 4.79 Å². The van der Waals surface area contributed by atoms with E-state index in [1.807, 2.05) is 13.0 Å². The summed E-state index contributed by atoms with van der Waals surface area (Å²) in [6.45, 7) is 2.02. The SMILES string of the molecule is CC/C=C/C(=O)NC1CCC1. The molecule has 2 heteroatoms. The number of rotatable bonds is 3. The number of allylic oxidation sites excluding steroid dienone is 1. The summed E-state index contributed by atoms with van der Waals surface area (Å²) >= 11 is 0. The van der Waals surface area contributed by atoms with Crippen LogP contribution in [0.25, 0.3) is 0 Å². The van der Waals surface area contributed by atoms with Gasteiger partial charge in [0.1, 0.15) is 0 Å². The van der Waals surface area contributed by atoms with Gasteiger partial charge in [0.2, 0.25) is 5.91 Å². The van der Waals surface area contributed by atoms with E-state index in [0.29, 0.717) is 6.04 Å². The largest absolute Gasteiger partial charge is 0.350 e. The number of carbonyl (C=O) groups excluding carboxylic acids is 1. The molecule has 1 saturated carbocycles. The molecule has 0 aromatic carbocycles. The van der Waals surface area contributed by atoms with Crippen LogP contribution in [0.1, 0.15) is 32.6 Å². The Hall–Kier alpha value is -0.790. The van der Waals surface area contributed by atoms with E-state index in [4.69, 9.17) is 0 Å². The molecule has 0 heterocycles. The smallest absolute Gasteiger partial charge is 0.243 e. The summed E-state index contributed by atoms with van der Waals surface area (Å²) < 4.78 is 0. The van der Waals surface area contributed by atoms with Gasteiger partial charge in [-0.3, -0.25) is 4.79 Å². The Bertz CT molecular complexity index is 159. The van der Waals surface area contributed by atoms with E-state index in [1.165, 1.54) is 6.42 Å². The van der Waals surface area contributed by atoms with Gasteiger partial charge in [-0.05, 0) is 31.8 Å². The quantitative estimate of drug-likeness (QED) is 0.613. The molecule has 1 fully saturated rings. The fourth-order valence-electron chi connectivity index (χ4n) is 1.03. The molecule has 0 aromatic rings. The van der Waals surface area contributed by atoms with Gasteiger partial charge in [-0.2, -0.15) is 0 Å². The standard InChI is InChI=1S/C9H15NO/c1-2-3-7-9(11)10-8-5-4-6-8/h3,7-8H,2,4-6H2,1H3,(H,10,11)/b7-3+. The first-order valence-electron chi connectivity index (χ1n) is 4.30. The molecule has 0 aliphatic heterocycles. The van der Waals surface area contributed by atoms with E-state index in [-0.39, 0.29) is 5.91 Å². The average Bonchev–Trinajstić information content (AvgIpc) is 1.93. The Morgan fingerprint density at radius 1 is 1.64 bits per heavy atom. The molecule has 0 radical (unpaired) electrons. The lowest BCUT2D eigenvalue weighted by Gasteiger charge is -2.25. The van der Waals surface area contributed by atoms with Crippen molar-refractivity contribution in [2.75, 3.05) is 0 Å². The fourth-order valence-corrected chi connectivity index (χ4v) is 1.03. The Balaban J connectivity index is 2.14. The van der Waals surface area contributed by atoms with Crippen LogP contribution in [-0.4, -0.2) is 11.9 Å². The van der Waals surface area contributed by atoms with Gasteiger partial charge in [0, 0.05) is 6.04 Å². The number of amides is 1. The maximum Gasteiger partial charge on any atom is 0.243 e. The second-order valence-corrected chi connectivity index (χ2v) is 2.95. The van der Waals surface area contributed by atoms with E-state index in [1.54, 1.807) is 6.08 Å². The maximum absolute atomic E-state index is 11.0. The third kappa shape index (κ3) is 2.74. The molecule has 0 spiro atoms. The Labute approximate surface area is 67.7 Å². The monoisotopic (exact) mass is 153 g/mol. The summed E-state index contributed by atoms with van der Waals surface area (Å²) in [4.78, 5) is 11.0. The highest BCUT2D eigenvalue weighted by atomic mass is 16.1. The molecule has 1 aliphatic rings. The van der Waals surface area contributed by atoms with Crippen molar-refractivity contribution >= 4 is 5.91 Å². The topological polar surface area (TPSA) is 29.1 Å². The molecule has 1 aliphatic carbocycles. The van der Waals surface area contributed by atoms with Gasteiger partial charge in [-0.1, -0.05) is 13.0 Å². The second kappa shape index (κ2) is 4.16. The van der Waals surface area contributed by atoms with E-state index < -0.39 is 0 Å². The van der Waals surface area contributed by atoms with Crippen molar-refractivity contribution in [3.05, 3.63) is 12.2 Å². The van der Waals surface area contributed by atoms with Crippen LogP contribution in [0.15, 0.2) is 12.2 Å². The van der Waals surface area contributed by atoms with Crippen molar-refractivity contribution in [2.45, 2.75) is 38.6 Å². The number of hydrogen-bond acceptors (Lipinski definition) is 1. The predicted octanol–water partition coefficient (Wildman–Crippen LogP) is 1.62. The normalized spacial score (nSPS) is 18.3. The number of hydrogen-bond donors (Lipinski definition) is 1. The summed E-state index contributed by atoms with van der Waals surface area (Å²) in [5.74, 6) is 0.0663. The molecule has 1 rings (SSSR count). The first-order valence-corrected chi connectivity index (χ1v) is 4.30. The predicted molar refractivity (Wildman–Crippen MR) is 45.2 cm³/mol. The Kier molecular flexibility index (Phi) is 3.14. The lowest BCUT2D eigenvalue weighted by molar-refractivity contribution is -0.117. The highest BCUT2D eigenvalue weighted by molar-refractivity contribution is 5.87. The molecule has 62 valence electrons. The van der Waals surface area contributed by atoms with E-state index >= 15 is 0 Å². The van der Waals surface area contributed by atoms with Crippen molar-refractivity contribution in [1.29, 1.82) is 0 Å². The van der Waals surface area contributed by atoms with Gasteiger partial charge in [0.05, 0.1) is 0 Å². The minimum absolute atomic E-state index is 0.0663. The molecule has 1 amide bonds. The minimum atomic E-state index is 0.0663. The zero-order chi connectivity index (χ0) is 8.10. The zero-order valence-electron chi connectivity index (χ0n) is 6.97. The summed E-state index contributed by atoms with van der Waals surface area (Å²) in [6.07, 6.45) is 8.02. The van der Waals surface area contributed by atoms with Crippen molar-refractivity contribution in [2.24, 2.45) is 0 Å². The molecule has 1 N–H and O–H groups in total. The zero-order valence-corrected chi connectivity index (χ0v) is 6.97. The third-order valence-corrected chi connectivity index (χ3v) is 1.96. The highest BCUT2D eigenvalue weighted by Crippen LogP contribution is 2.17. The van der Waals surface area contributed by atoms with Crippen LogP contribution in [0.3, 0.4) is 0 Å². The van der Waals surface area contributed by atoms with Crippen molar-refractivity contribution in [3.63, 3.8) is 0 Å². The van der Waals surface area contributed by atoms with E-state index in [2.05, 4.69) is 5.32 Å². The first-order chi connectivity index (χ1) is 5.33. The van der Waals surface area contributed by atoms with Crippen LogP contribution in [0.2, 0.25) is 0 Å². The van der Waals surface area contributed by atoms with Crippen LogP contribution < -0.4 is 5.32 Å². The molecule has 0 atom stereocenters. The Morgan fingerprint density at radius 3 is 2.82 bits per heavy atom. The van der Waals surface area contributed by atoms with Crippen LogP contribution in [0.4, 0.5) is 0 Å². The molecular formula is C9H15NO. The molecule has 0 saturated heterocycles. The first kappa shape index (κ1) is 8.31. The lowest BCUT2D eigenvalue weighted by atomic mass is 9.93. The molecule has 2 nitrogen and oxygen atoms in total. The minimum Gasteiger partial charge on any atom is -0.350 e.